The molecule has 90 valence electrons. The van der Waals surface area contributed by atoms with Gasteiger partial charge in [-0.2, -0.15) is 0 Å². The number of aryl methyl sites for hydroxylation is 2. The largest absolute Gasteiger partial charge is 0.464 e. The van der Waals surface area contributed by atoms with Gasteiger partial charge in [-0.1, -0.05) is 6.07 Å². The third-order valence-corrected chi connectivity index (χ3v) is 2.81. The van der Waals surface area contributed by atoms with Crippen molar-refractivity contribution in [3.8, 4) is 0 Å². The lowest BCUT2D eigenvalue weighted by Gasteiger charge is -2.10. The van der Waals surface area contributed by atoms with Crippen molar-refractivity contribution in [3.05, 3.63) is 58.8 Å². The van der Waals surface area contributed by atoms with Crippen molar-refractivity contribution >= 4 is 0 Å². The number of rotatable bonds is 3. The fraction of sp³-hybridized carbons (Fsp3) is 0.286. The molecule has 0 amide bonds. The second-order valence-electron chi connectivity index (χ2n) is 4.24. The Kier molecular flexibility index (Phi) is 3.29. The highest BCUT2D eigenvalue weighted by Crippen LogP contribution is 2.22. The first-order valence-electron chi connectivity index (χ1n) is 5.55. The summed E-state index contributed by atoms with van der Waals surface area (Å²) in [5.74, 6) is 0.995. The summed E-state index contributed by atoms with van der Waals surface area (Å²) in [5.41, 5.74) is 1.76. The minimum absolute atomic E-state index is 0.284. The molecule has 2 aromatic rings. The Labute approximate surface area is 99.7 Å². The van der Waals surface area contributed by atoms with Gasteiger partial charge in [-0.05, 0) is 49.2 Å². The maximum Gasteiger partial charge on any atom is 0.132 e. The Hall–Kier alpha value is -1.61. The molecule has 2 nitrogen and oxygen atoms in total. The van der Waals surface area contributed by atoms with Gasteiger partial charge in [-0.25, -0.2) is 4.39 Å². The van der Waals surface area contributed by atoms with Gasteiger partial charge in [-0.3, -0.25) is 0 Å². The number of halogens is 1. The van der Waals surface area contributed by atoms with E-state index in [9.17, 15) is 9.50 Å². The number of benzene rings is 1. The maximum atomic E-state index is 13.1. The van der Waals surface area contributed by atoms with Crippen molar-refractivity contribution in [1.82, 2.24) is 0 Å². The van der Waals surface area contributed by atoms with Crippen molar-refractivity contribution in [2.45, 2.75) is 26.4 Å². The van der Waals surface area contributed by atoms with Crippen LogP contribution < -0.4 is 0 Å². The molecule has 2 rings (SSSR count). The topological polar surface area (TPSA) is 33.4 Å². The van der Waals surface area contributed by atoms with Gasteiger partial charge in [0.1, 0.15) is 23.4 Å². The van der Waals surface area contributed by atoms with Crippen LogP contribution in [0.5, 0.6) is 0 Å². The van der Waals surface area contributed by atoms with Gasteiger partial charge >= 0.3 is 0 Å². The molecule has 1 aromatic carbocycles. The highest BCUT2D eigenvalue weighted by molar-refractivity contribution is 5.28. The van der Waals surface area contributed by atoms with Crippen LogP contribution in [0.3, 0.4) is 0 Å². The molecule has 3 heteroatoms. The molecule has 0 bridgehead atoms. The van der Waals surface area contributed by atoms with E-state index in [1.807, 2.05) is 13.8 Å². The summed E-state index contributed by atoms with van der Waals surface area (Å²) in [7, 11) is 0. The Balaban J connectivity index is 2.18. The number of hydrogen-bond donors (Lipinski definition) is 1. The molecule has 1 atom stereocenters. The molecular weight excluding hydrogens is 219 g/mol. The van der Waals surface area contributed by atoms with Crippen LogP contribution >= 0.6 is 0 Å². The predicted octanol–water partition coefficient (Wildman–Crippen LogP) is 3.31. The van der Waals surface area contributed by atoms with Crippen LogP contribution in [0.2, 0.25) is 0 Å². The van der Waals surface area contributed by atoms with E-state index < -0.39 is 6.10 Å². The summed E-state index contributed by atoms with van der Waals surface area (Å²) in [6.07, 6.45) is -0.375. The summed E-state index contributed by atoms with van der Waals surface area (Å²) < 4.78 is 18.4. The second-order valence-corrected chi connectivity index (χ2v) is 4.24. The van der Waals surface area contributed by atoms with Crippen LogP contribution in [-0.4, -0.2) is 5.11 Å². The lowest BCUT2D eigenvalue weighted by Crippen LogP contribution is -2.02. The zero-order valence-electron chi connectivity index (χ0n) is 9.90. The highest BCUT2D eigenvalue weighted by Gasteiger charge is 2.14. The van der Waals surface area contributed by atoms with Crippen molar-refractivity contribution in [2.24, 2.45) is 0 Å². The third-order valence-electron chi connectivity index (χ3n) is 2.81. The number of aliphatic hydroxyl groups is 1. The molecule has 0 spiro atoms. The Morgan fingerprint density at radius 3 is 2.65 bits per heavy atom. The van der Waals surface area contributed by atoms with Crippen LogP contribution in [0.4, 0.5) is 4.39 Å². The first-order valence-corrected chi connectivity index (χ1v) is 5.55. The van der Waals surface area contributed by atoms with Gasteiger partial charge in [0.2, 0.25) is 0 Å². The molecule has 1 aromatic heterocycles. The first kappa shape index (κ1) is 11.9. The third kappa shape index (κ3) is 2.74. The van der Waals surface area contributed by atoms with Crippen LogP contribution in [0.1, 0.15) is 28.8 Å². The van der Waals surface area contributed by atoms with Crippen molar-refractivity contribution < 1.29 is 13.9 Å². The molecule has 0 radical (unpaired) electrons. The van der Waals surface area contributed by atoms with E-state index in [0.717, 1.165) is 16.9 Å². The number of hydrogen-bond acceptors (Lipinski definition) is 2. The van der Waals surface area contributed by atoms with Gasteiger partial charge < -0.3 is 9.52 Å². The minimum Gasteiger partial charge on any atom is -0.464 e. The van der Waals surface area contributed by atoms with Gasteiger partial charge in [0.05, 0.1) is 0 Å². The molecule has 17 heavy (non-hydrogen) atoms. The average molecular weight is 234 g/mol. The predicted molar refractivity (Wildman–Crippen MR) is 63.2 cm³/mol. The summed E-state index contributed by atoms with van der Waals surface area (Å²) in [6, 6.07) is 8.13. The van der Waals surface area contributed by atoms with Crippen LogP contribution in [0, 0.1) is 19.7 Å². The highest BCUT2D eigenvalue weighted by atomic mass is 19.1. The molecule has 0 aliphatic carbocycles. The summed E-state index contributed by atoms with van der Waals surface area (Å²) in [6.45, 7) is 3.72. The first-order chi connectivity index (χ1) is 8.06. The van der Waals surface area contributed by atoms with Gasteiger partial charge in [0, 0.05) is 6.42 Å². The Bertz CT molecular complexity index is 517. The van der Waals surface area contributed by atoms with Crippen molar-refractivity contribution in [1.29, 1.82) is 0 Å². The van der Waals surface area contributed by atoms with E-state index in [0.29, 0.717) is 12.2 Å². The Morgan fingerprint density at radius 1 is 1.24 bits per heavy atom. The lowest BCUT2D eigenvalue weighted by molar-refractivity contribution is 0.148. The zero-order valence-corrected chi connectivity index (χ0v) is 9.90. The van der Waals surface area contributed by atoms with E-state index in [1.165, 1.54) is 12.1 Å². The molecule has 0 aliphatic heterocycles. The molecule has 1 heterocycles. The van der Waals surface area contributed by atoms with E-state index >= 15 is 0 Å². The normalized spacial score (nSPS) is 12.7. The van der Waals surface area contributed by atoms with Crippen molar-refractivity contribution in [2.75, 3.05) is 0 Å². The fourth-order valence-corrected chi connectivity index (χ4v) is 1.80. The fourth-order valence-electron chi connectivity index (χ4n) is 1.80. The quantitative estimate of drug-likeness (QED) is 0.883. The monoisotopic (exact) mass is 234 g/mol. The molecule has 1 unspecified atom stereocenters. The van der Waals surface area contributed by atoms with Crippen LogP contribution in [0.25, 0.3) is 0 Å². The number of aliphatic hydroxyl groups excluding tert-OH is 1. The van der Waals surface area contributed by atoms with Crippen LogP contribution in [0.15, 0.2) is 34.7 Å². The Morgan fingerprint density at radius 2 is 2.00 bits per heavy atom. The van der Waals surface area contributed by atoms with Crippen molar-refractivity contribution in [3.63, 3.8) is 0 Å². The number of furan rings is 1. The molecule has 0 aliphatic rings. The molecule has 0 fully saturated rings. The summed E-state index contributed by atoms with van der Waals surface area (Å²) in [5, 5.41) is 9.99. The lowest BCUT2D eigenvalue weighted by atomic mass is 10.0. The van der Waals surface area contributed by atoms with E-state index in [-0.39, 0.29) is 5.82 Å². The molecule has 0 saturated heterocycles. The van der Waals surface area contributed by atoms with Gasteiger partial charge in [-0.15, -0.1) is 0 Å². The van der Waals surface area contributed by atoms with E-state index in [1.54, 1.807) is 18.2 Å². The molecular formula is C14H15FO2. The molecule has 1 N–H and O–H groups in total. The maximum absolute atomic E-state index is 13.1. The van der Waals surface area contributed by atoms with E-state index in [2.05, 4.69) is 0 Å². The average Bonchev–Trinajstić information content (AvgIpc) is 2.70. The standard InChI is InChI=1S/C14H15FO2/c1-9-3-5-12(15)7-11(9)8-13(16)14-6-4-10(2)17-14/h3-7,13,16H,8H2,1-2H3. The van der Waals surface area contributed by atoms with E-state index in [4.69, 9.17) is 4.42 Å². The SMILES string of the molecule is Cc1ccc(C(O)Cc2cc(F)ccc2C)o1. The van der Waals surface area contributed by atoms with Gasteiger partial charge in [0.15, 0.2) is 0 Å². The summed E-state index contributed by atoms with van der Waals surface area (Å²) in [4.78, 5) is 0. The smallest absolute Gasteiger partial charge is 0.132 e. The van der Waals surface area contributed by atoms with Gasteiger partial charge in [0.25, 0.3) is 0 Å². The summed E-state index contributed by atoms with van der Waals surface area (Å²) >= 11 is 0. The molecule has 0 saturated carbocycles. The zero-order chi connectivity index (χ0) is 12.4. The second kappa shape index (κ2) is 4.72. The van der Waals surface area contributed by atoms with Crippen LogP contribution in [-0.2, 0) is 6.42 Å². The minimum atomic E-state index is -0.732.